The number of nitrogens with two attached hydrogens (primary N) is 2. The van der Waals surface area contributed by atoms with Crippen LogP contribution in [0.15, 0.2) is 0 Å². The molecule has 0 aliphatic carbocycles. The summed E-state index contributed by atoms with van der Waals surface area (Å²) in [5, 5.41) is 0. The van der Waals surface area contributed by atoms with Gasteiger partial charge < -0.3 is 20.9 Å². The van der Waals surface area contributed by atoms with E-state index in [1.807, 2.05) is 0 Å². The van der Waals surface area contributed by atoms with Gasteiger partial charge in [0.2, 0.25) is 11.8 Å². The normalized spacial score (nSPS) is 11.6. The fourth-order valence-corrected chi connectivity index (χ4v) is 3.77. The van der Waals surface area contributed by atoms with Crippen LogP contribution in [0.5, 0.6) is 0 Å². The molecule has 0 aromatic carbocycles. The van der Waals surface area contributed by atoms with E-state index < -0.39 is 35.2 Å². The highest BCUT2D eigenvalue weighted by atomic mass is 33.1. The van der Waals surface area contributed by atoms with Gasteiger partial charge in [-0.25, -0.2) is 19.4 Å². The van der Waals surface area contributed by atoms with Crippen molar-refractivity contribution >= 4 is 45.6 Å². The van der Waals surface area contributed by atoms with Crippen LogP contribution in [0.3, 0.4) is 0 Å². The van der Waals surface area contributed by atoms with Gasteiger partial charge in [-0.1, -0.05) is 21.6 Å². The molecule has 0 aromatic heterocycles. The first-order valence-corrected chi connectivity index (χ1v) is 11.9. The topological polar surface area (TPSA) is 145 Å². The van der Waals surface area contributed by atoms with Gasteiger partial charge in [-0.15, -0.1) is 0 Å². The van der Waals surface area contributed by atoms with Crippen LogP contribution in [-0.2, 0) is 19.1 Å². The average molecular weight is 467 g/mol. The van der Waals surface area contributed by atoms with E-state index in [2.05, 4.69) is 0 Å². The maximum Gasteiger partial charge on any atom is 0.417 e. The number of hydrogen-bond acceptors (Lipinski definition) is 10. The van der Waals surface area contributed by atoms with Gasteiger partial charge in [0.25, 0.3) is 0 Å². The second kappa shape index (κ2) is 13.0. The zero-order valence-electron chi connectivity index (χ0n) is 18.6. The lowest BCUT2D eigenvalue weighted by molar-refractivity contribution is -0.129. The highest BCUT2D eigenvalue weighted by Gasteiger charge is 2.27. The Balaban J connectivity index is 4.58. The van der Waals surface area contributed by atoms with E-state index >= 15 is 0 Å². The number of amides is 4. The first kappa shape index (κ1) is 28.5. The first-order chi connectivity index (χ1) is 13.7. The Labute approximate surface area is 186 Å². The average Bonchev–Trinajstić information content (AvgIpc) is 2.59. The summed E-state index contributed by atoms with van der Waals surface area (Å²) in [7, 11) is 2.77. The Morgan fingerprint density at radius 1 is 0.700 bits per heavy atom. The van der Waals surface area contributed by atoms with E-state index in [4.69, 9.17) is 20.9 Å². The van der Waals surface area contributed by atoms with Crippen molar-refractivity contribution in [2.24, 2.45) is 11.5 Å². The standard InChI is InChI=1S/C18H34N4O6S2/c1-17(2,3)27-15(25)21(13(23)11-19)7-9-29-30-10-8-22(14(24)12-20)16(26)28-18(4,5)6/h7-12,19-20H2,1-6H3. The van der Waals surface area contributed by atoms with Gasteiger partial charge in [0.05, 0.1) is 13.1 Å². The zero-order valence-corrected chi connectivity index (χ0v) is 20.2. The first-order valence-electron chi connectivity index (χ1n) is 9.43. The number of ether oxygens (including phenoxy) is 2. The second-order valence-corrected chi connectivity index (χ2v) is 10.8. The molecule has 12 heteroatoms. The van der Waals surface area contributed by atoms with Crippen LogP contribution in [0.25, 0.3) is 0 Å². The van der Waals surface area contributed by atoms with Crippen LogP contribution in [-0.4, -0.2) is 82.7 Å². The molecule has 0 saturated heterocycles. The van der Waals surface area contributed by atoms with Crippen LogP contribution < -0.4 is 11.5 Å². The third-order valence-electron chi connectivity index (χ3n) is 3.06. The lowest BCUT2D eigenvalue weighted by Crippen LogP contribution is -2.45. The van der Waals surface area contributed by atoms with E-state index in [1.165, 1.54) is 21.6 Å². The molecule has 0 radical (unpaired) electrons. The predicted molar refractivity (Wildman–Crippen MR) is 119 cm³/mol. The molecule has 30 heavy (non-hydrogen) atoms. The summed E-state index contributed by atoms with van der Waals surface area (Å²) in [5.74, 6) is -0.209. The number of carbonyl (C=O) groups is 4. The SMILES string of the molecule is CC(C)(C)OC(=O)N(CCSSCCN(C(=O)CN)C(=O)OC(C)(C)C)C(=O)CN. The molecular formula is C18H34N4O6S2. The minimum Gasteiger partial charge on any atom is -0.443 e. The fourth-order valence-electron chi connectivity index (χ4n) is 1.87. The molecule has 0 heterocycles. The molecule has 0 aliphatic heterocycles. The van der Waals surface area contributed by atoms with Crippen LogP contribution in [0, 0.1) is 0 Å². The van der Waals surface area contributed by atoms with Gasteiger partial charge in [0.15, 0.2) is 0 Å². The van der Waals surface area contributed by atoms with E-state index in [0.29, 0.717) is 11.5 Å². The van der Waals surface area contributed by atoms with Crippen LogP contribution in [0.2, 0.25) is 0 Å². The number of carbonyl (C=O) groups excluding carboxylic acids is 4. The third kappa shape index (κ3) is 12.3. The summed E-state index contributed by atoms with van der Waals surface area (Å²) in [5.41, 5.74) is 9.28. The Hall–Kier alpha value is -1.50. The molecule has 0 unspecified atom stereocenters. The van der Waals surface area contributed by atoms with E-state index in [1.54, 1.807) is 41.5 Å². The maximum absolute atomic E-state index is 12.2. The molecule has 0 saturated carbocycles. The van der Waals surface area contributed by atoms with Gasteiger partial charge in [-0.3, -0.25) is 9.59 Å². The van der Waals surface area contributed by atoms with Gasteiger partial charge >= 0.3 is 12.2 Å². The Morgan fingerprint density at radius 3 is 1.23 bits per heavy atom. The van der Waals surface area contributed by atoms with Crippen molar-refractivity contribution < 1.29 is 28.7 Å². The molecule has 0 aliphatic rings. The summed E-state index contributed by atoms with van der Waals surface area (Å²) < 4.78 is 10.4. The summed E-state index contributed by atoms with van der Waals surface area (Å²) in [6, 6.07) is 0. The van der Waals surface area contributed by atoms with Crippen molar-refractivity contribution in [1.82, 2.24) is 9.80 Å². The van der Waals surface area contributed by atoms with Crippen LogP contribution in [0.4, 0.5) is 9.59 Å². The largest absolute Gasteiger partial charge is 0.443 e. The molecule has 0 spiro atoms. The highest BCUT2D eigenvalue weighted by molar-refractivity contribution is 8.76. The van der Waals surface area contributed by atoms with Crippen LogP contribution in [0.1, 0.15) is 41.5 Å². The monoisotopic (exact) mass is 466 g/mol. The van der Waals surface area contributed by atoms with E-state index in [9.17, 15) is 19.2 Å². The third-order valence-corrected chi connectivity index (χ3v) is 5.42. The Bertz CT molecular complexity index is 552. The summed E-state index contributed by atoms with van der Waals surface area (Å²) >= 11 is 0. The number of rotatable bonds is 9. The molecule has 0 aromatic rings. The van der Waals surface area contributed by atoms with Gasteiger partial charge in [0, 0.05) is 24.6 Å². The molecule has 10 nitrogen and oxygen atoms in total. The summed E-state index contributed by atoms with van der Waals surface area (Å²) in [6.45, 7) is 9.89. The number of hydrogen-bond donors (Lipinski definition) is 2. The summed E-state index contributed by atoms with van der Waals surface area (Å²) in [4.78, 5) is 50.1. The van der Waals surface area contributed by atoms with Crippen molar-refractivity contribution in [2.75, 3.05) is 37.7 Å². The molecule has 0 fully saturated rings. The molecule has 4 N–H and O–H groups in total. The predicted octanol–water partition coefficient (Wildman–Crippen LogP) is 1.81. The molecular weight excluding hydrogens is 432 g/mol. The Kier molecular flexibility index (Phi) is 12.4. The number of nitrogens with zero attached hydrogens (tertiary/aromatic N) is 2. The minimum absolute atomic E-state index is 0.125. The van der Waals surface area contributed by atoms with Gasteiger partial charge in [-0.2, -0.15) is 0 Å². The highest BCUT2D eigenvalue weighted by Crippen LogP contribution is 2.22. The van der Waals surface area contributed by atoms with Crippen LogP contribution >= 0.6 is 21.6 Å². The van der Waals surface area contributed by atoms with E-state index in [-0.39, 0.29) is 26.2 Å². The van der Waals surface area contributed by atoms with E-state index in [0.717, 1.165) is 9.80 Å². The zero-order chi connectivity index (χ0) is 23.5. The van der Waals surface area contributed by atoms with Crippen molar-refractivity contribution in [2.45, 2.75) is 52.7 Å². The van der Waals surface area contributed by atoms with Gasteiger partial charge in [0.1, 0.15) is 11.2 Å². The summed E-state index contributed by atoms with van der Waals surface area (Å²) in [6.07, 6.45) is -1.48. The number of imide groups is 2. The quantitative estimate of drug-likeness (QED) is 0.381. The maximum atomic E-state index is 12.2. The lowest BCUT2D eigenvalue weighted by Gasteiger charge is -2.26. The van der Waals surface area contributed by atoms with Gasteiger partial charge in [-0.05, 0) is 41.5 Å². The van der Waals surface area contributed by atoms with Crippen molar-refractivity contribution in [1.29, 1.82) is 0 Å². The van der Waals surface area contributed by atoms with Crippen molar-refractivity contribution in [3.63, 3.8) is 0 Å². The van der Waals surface area contributed by atoms with Crippen molar-refractivity contribution in [3.8, 4) is 0 Å². The minimum atomic E-state index is -0.742. The molecule has 4 amide bonds. The fraction of sp³-hybridized carbons (Fsp3) is 0.778. The second-order valence-electron chi connectivity index (χ2n) is 8.10. The molecule has 174 valence electrons. The molecule has 0 atom stereocenters. The van der Waals surface area contributed by atoms with Crippen molar-refractivity contribution in [3.05, 3.63) is 0 Å². The Morgan fingerprint density at radius 2 is 1.00 bits per heavy atom. The molecule has 0 rings (SSSR count). The smallest absolute Gasteiger partial charge is 0.417 e. The molecule has 0 bridgehead atoms. The lowest BCUT2D eigenvalue weighted by atomic mass is 10.2.